The highest BCUT2D eigenvalue weighted by atomic mass is 19.1. The van der Waals surface area contributed by atoms with Crippen LogP contribution in [0.5, 0.6) is 0 Å². The fourth-order valence-electron chi connectivity index (χ4n) is 1.40. The molecule has 0 aliphatic carbocycles. The maximum atomic E-state index is 13.7. The molecule has 0 aliphatic heterocycles. The van der Waals surface area contributed by atoms with Crippen LogP contribution in [0.2, 0.25) is 0 Å². The van der Waals surface area contributed by atoms with Crippen LogP contribution in [0.1, 0.15) is 5.56 Å². The third kappa shape index (κ3) is 2.35. The van der Waals surface area contributed by atoms with Gasteiger partial charge in [0.25, 0.3) is 0 Å². The van der Waals surface area contributed by atoms with E-state index in [0.29, 0.717) is 5.56 Å². The fraction of sp³-hybridized carbons (Fsp3) is 0.0909. The van der Waals surface area contributed by atoms with Crippen molar-refractivity contribution in [2.45, 2.75) is 6.92 Å². The first kappa shape index (κ1) is 12.2. The molecule has 0 saturated heterocycles. The second kappa shape index (κ2) is 4.92. The Kier molecular flexibility index (Phi) is 3.33. The van der Waals surface area contributed by atoms with E-state index in [1.165, 1.54) is 24.4 Å². The van der Waals surface area contributed by atoms with Crippen LogP contribution in [0.3, 0.4) is 0 Å². The number of anilines is 3. The molecule has 0 fully saturated rings. The van der Waals surface area contributed by atoms with Crippen molar-refractivity contribution in [3.63, 3.8) is 0 Å². The average Bonchev–Trinajstić information content (AvgIpc) is 2.39. The minimum Gasteiger partial charge on any atom is -0.335 e. The SMILES string of the molecule is Cc1ccc(F)c(Nc2ccnc(NN)n2)c1F. The van der Waals surface area contributed by atoms with Gasteiger partial charge in [0.05, 0.1) is 0 Å². The first-order valence-corrected chi connectivity index (χ1v) is 5.13. The Morgan fingerprint density at radius 1 is 1.22 bits per heavy atom. The van der Waals surface area contributed by atoms with Gasteiger partial charge in [-0.25, -0.2) is 19.6 Å². The lowest BCUT2D eigenvalue weighted by Crippen LogP contribution is -2.11. The van der Waals surface area contributed by atoms with Crippen LogP contribution in [0.25, 0.3) is 0 Å². The lowest BCUT2D eigenvalue weighted by molar-refractivity contribution is 0.584. The van der Waals surface area contributed by atoms with Gasteiger partial charge in [-0.2, -0.15) is 4.98 Å². The Labute approximate surface area is 102 Å². The lowest BCUT2D eigenvalue weighted by Gasteiger charge is -2.10. The van der Waals surface area contributed by atoms with Crippen molar-refractivity contribution >= 4 is 17.5 Å². The number of hydrogen-bond donors (Lipinski definition) is 3. The molecule has 1 heterocycles. The standard InChI is InChI=1S/C11H11F2N5/c1-6-2-3-7(12)10(9(6)13)16-8-4-5-15-11(17-8)18-14/h2-5H,14H2,1H3,(H2,15,16,17,18). The Bertz CT molecular complexity index is 573. The number of hydrazine groups is 1. The van der Waals surface area contributed by atoms with E-state index in [-0.39, 0.29) is 17.5 Å². The molecule has 2 aromatic rings. The van der Waals surface area contributed by atoms with Crippen molar-refractivity contribution in [2.24, 2.45) is 5.84 Å². The van der Waals surface area contributed by atoms with Crippen molar-refractivity contribution in [3.05, 3.63) is 41.6 Å². The normalized spacial score (nSPS) is 10.2. The van der Waals surface area contributed by atoms with Crippen molar-refractivity contribution in [2.75, 3.05) is 10.7 Å². The second-order valence-corrected chi connectivity index (χ2v) is 3.59. The minimum atomic E-state index is -0.695. The highest BCUT2D eigenvalue weighted by Crippen LogP contribution is 2.24. The number of nitrogens with zero attached hydrogens (tertiary/aromatic N) is 2. The highest BCUT2D eigenvalue weighted by Gasteiger charge is 2.12. The van der Waals surface area contributed by atoms with Crippen molar-refractivity contribution < 1.29 is 8.78 Å². The fourth-order valence-corrected chi connectivity index (χ4v) is 1.40. The van der Waals surface area contributed by atoms with Gasteiger partial charge in [-0.1, -0.05) is 6.07 Å². The van der Waals surface area contributed by atoms with E-state index < -0.39 is 11.6 Å². The van der Waals surface area contributed by atoms with Gasteiger partial charge in [0, 0.05) is 6.20 Å². The number of hydrogen-bond acceptors (Lipinski definition) is 5. The van der Waals surface area contributed by atoms with Crippen LogP contribution in [-0.4, -0.2) is 9.97 Å². The molecule has 18 heavy (non-hydrogen) atoms. The summed E-state index contributed by atoms with van der Waals surface area (Å²) in [7, 11) is 0. The summed E-state index contributed by atoms with van der Waals surface area (Å²) >= 11 is 0. The first-order valence-electron chi connectivity index (χ1n) is 5.13. The number of benzene rings is 1. The van der Waals surface area contributed by atoms with Crippen LogP contribution < -0.4 is 16.6 Å². The first-order chi connectivity index (χ1) is 8.61. The molecule has 1 aromatic carbocycles. The van der Waals surface area contributed by atoms with Crippen molar-refractivity contribution in [3.8, 4) is 0 Å². The number of nitrogen functional groups attached to an aromatic ring is 1. The number of halogens is 2. The molecule has 0 atom stereocenters. The zero-order valence-corrected chi connectivity index (χ0v) is 9.54. The Hall–Kier alpha value is -2.28. The van der Waals surface area contributed by atoms with E-state index in [1.54, 1.807) is 6.92 Å². The number of nitrogens with one attached hydrogen (secondary N) is 2. The molecular weight excluding hydrogens is 240 g/mol. The van der Waals surface area contributed by atoms with Gasteiger partial charge in [-0.05, 0) is 24.6 Å². The summed E-state index contributed by atoms with van der Waals surface area (Å²) in [4.78, 5) is 7.69. The highest BCUT2D eigenvalue weighted by molar-refractivity contribution is 5.59. The van der Waals surface area contributed by atoms with Gasteiger partial charge in [0.1, 0.15) is 17.3 Å². The lowest BCUT2D eigenvalue weighted by atomic mass is 10.2. The molecule has 0 spiro atoms. The van der Waals surface area contributed by atoms with Gasteiger partial charge in [0.2, 0.25) is 5.95 Å². The van der Waals surface area contributed by atoms with E-state index in [4.69, 9.17) is 5.84 Å². The molecule has 2 rings (SSSR count). The molecule has 0 aliphatic rings. The summed E-state index contributed by atoms with van der Waals surface area (Å²) in [6, 6.07) is 4.02. The summed E-state index contributed by atoms with van der Waals surface area (Å²) in [5, 5.41) is 2.56. The van der Waals surface area contributed by atoms with Gasteiger partial charge in [0.15, 0.2) is 5.82 Å². The molecular formula is C11H11F2N5. The van der Waals surface area contributed by atoms with Crippen LogP contribution in [0, 0.1) is 18.6 Å². The molecule has 0 unspecified atom stereocenters. The zero-order chi connectivity index (χ0) is 13.1. The van der Waals surface area contributed by atoms with Gasteiger partial charge < -0.3 is 5.32 Å². The minimum absolute atomic E-state index is 0.147. The molecule has 4 N–H and O–H groups in total. The van der Waals surface area contributed by atoms with Gasteiger partial charge in [-0.15, -0.1) is 0 Å². The Morgan fingerprint density at radius 3 is 2.72 bits per heavy atom. The summed E-state index contributed by atoms with van der Waals surface area (Å²) in [6.07, 6.45) is 1.41. The largest absolute Gasteiger partial charge is 0.335 e. The van der Waals surface area contributed by atoms with Crippen LogP contribution in [0.15, 0.2) is 24.4 Å². The monoisotopic (exact) mass is 251 g/mol. The molecule has 0 amide bonds. The predicted octanol–water partition coefficient (Wildman–Crippen LogP) is 2.09. The molecule has 7 heteroatoms. The molecule has 1 aromatic heterocycles. The third-order valence-corrected chi connectivity index (χ3v) is 2.32. The van der Waals surface area contributed by atoms with E-state index in [2.05, 4.69) is 20.7 Å². The van der Waals surface area contributed by atoms with E-state index in [9.17, 15) is 8.78 Å². The maximum Gasteiger partial charge on any atom is 0.239 e. The molecule has 0 saturated carbocycles. The predicted molar refractivity (Wildman–Crippen MR) is 64.2 cm³/mol. The average molecular weight is 251 g/mol. The Morgan fingerprint density at radius 2 is 2.00 bits per heavy atom. The second-order valence-electron chi connectivity index (χ2n) is 3.59. The summed E-state index contributed by atoms with van der Waals surface area (Å²) in [5.41, 5.74) is 2.33. The van der Waals surface area contributed by atoms with E-state index >= 15 is 0 Å². The van der Waals surface area contributed by atoms with Crippen LogP contribution >= 0.6 is 0 Å². The molecule has 94 valence electrons. The molecule has 5 nitrogen and oxygen atoms in total. The van der Waals surface area contributed by atoms with E-state index in [1.807, 2.05) is 0 Å². The molecule has 0 radical (unpaired) electrons. The number of aryl methyl sites for hydroxylation is 1. The third-order valence-electron chi connectivity index (χ3n) is 2.32. The maximum absolute atomic E-state index is 13.7. The quantitative estimate of drug-likeness (QED) is 0.575. The van der Waals surface area contributed by atoms with Crippen LogP contribution in [0.4, 0.5) is 26.2 Å². The van der Waals surface area contributed by atoms with Crippen molar-refractivity contribution in [1.29, 1.82) is 0 Å². The topological polar surface area (TPSA) is 75.9 Å². The van der Waals surface area contributed by atoms with Crippen molar-refractivity contribution in [1.82, 2.24) is 9.97 Å². The van der Waals surface area contributed by atoms with Crippen LogP contribution in [-0.2, 0) is 0 Å². The zero-order valence-electron chi connectivity index (χ0n) is 9.54. The van der Waals surface area contributed by atoms with Gasteiger partial charge in [-0.3, -0.25) is 5.43 Å². The summed E-state index contributed by atoms with van der Waals surface area (Å²) in [6.45, 7) is 1.55. The number of nitrogens with two attached hydrogens (primary N) is 1. The Balaban J connectivity index is 2.36. The van der Waals surface area contributed by atoms with E-state index in [0.717, 1.165) is 0 Å². The molecule has 0 bridgehead atoms. The number of rotatable bonds is 3. The smallest absolute Gasteiger partial charge is 0.239 e. The number of aromatic nitrogens is 2. The van der Waals surface area contributed by atoms with Gasteiger partial charge >= 0.3 is 0 Å². The summed E-state index contributed by atoms with van der Waals surface area (Å²) < 4.78 is 27.3. The summed E-state index contributed by atoms with van der Waals surface area (Å²) in [5.74, 6) is 4.18.